The molecule has 1 fully saturated rings. The molecule has 1 aliphatic carbocycles. The van der Waals surface area contributed by atoms with Crippen molar-refractivity contribution in [3.8, 4) is 12.3 Å². The van der Waals surface area contributed by atoms with E-state index in [9.17, 15) is 5.11 Å². The molecule has 0 amide bonds. The van der Waals surface area contributed by atoms with Gasteiger partial charge in [-0.05, 0) is 19.3 Å². The van der Waals surface area contributed by atoms with Crippen molar-refractivity contribution in [3.63, 3.8) is 0 Å². The Labute approximate surface area is 61.4 Å². The number of hydrogen-bond acceptors (Lipinski definition) is 2. The van der Waals surface area contributed by atoms with Gasteiger partial charge in [0.05, 0.1) is 0 Å². The average molecular weight is 139 g/mol. The Bertz CT molecular complexity index is 161. The van der Waals surface area contributed by atoms with Crippen LogP contribution in [0.5, 0.6) is 0 Å². The largest absolute Gasteiger partial charge is 0.376 e. The van der Waals surface area contributed by atoms with E-state index < -0.39 is 5.60 Å². The van der Waals surface area contributed by atoms with E-state index in [1.165, 1.54) is 0 Å². The molecule has 2 nitrogen and oxygen atoms in total. The van der Waals surface area contributed by atoms with Crippen molar-refractivity contribution < 1.29 is 5.11 Å². The first kappa shape index (κ1) is 7.59. The molecule has 1 saturated carbocycles. The second kappa shape index (κ2) is 2.61. The van der Waals surface area contributed by atoms with Gasteiger partial charge in [0, 0.05) is 6.04 Å². The smallest absolute Gasteiger partial charge is 0.140 e. The molecule has 0 aromatic carbocycles. The zero-order valence-electron chi connectivity index (χ0n) is 6.01. The zero-order chi connectivity index (χ0) is 7.61. The van der Waals surface area contributed by atoms with Crippen LogP contribution >= 0.6 is 0 Å². The molecule has 10 heavy (non-hydrogen) atoms. The summed E-state index contributed by atoms with van der Waals surface area (Å²) in [5, 5.41) is 9.59. The first-order valence-corrected chi connectivity index (χ1v) is 3.65. The van der Waals surface area contributed by atoms with Crippen LogP contribution in [0.25, 0.3) is 0 Å². The predicted octanol–water partition coefficient (Wildman–Crippen LogP) is 0.252. The van der Waals surface area contributed by atoms with Crippen molar-refractivity contribution >= 4 is 0 Å². The standard InChI is InChI=1S/C8H13NO/c1-2-8(10)6-4-3-5-7(8)9/h1,7,10H,3-6,9H2/t7-,8-/m0/s1. The summed E-state index contributed by atoms with van der Waals surface area (Å²) < 4.78 is 0. The van der Waals surface area contributed by atoms with Crippen molar-refractivity contribution in [2.45, 2.75) is 37.3 Å². The Morgan fingerprint density at radius 2 is 2.30 bits per heavy atom. The van der Waals surface area contributed by atoms with Gasteiger partial charge in [0.2, 0.25) is 0 Å². The molecule has 0 aromatic heterocycles. The Morgan fingerprint density at radius 3 is 2.70 bits per heavy atom. The van der Waals surface area contributed by atoms with Crippen LogP contribution in [-0.4, -0.2) is 16.7 Å². The van der Waals surface area contributed by atoms with Gasteiger partial charge < -0.3 is 10.8 Å². The monoisotopic (exact) mass is 139 g/mol. The van der Waals surface area contributed by atoms with Crippen molar-refractivity contribution in [3.05, 3.63) is 0 Å². The van der Waals surface area contributed by atoms with Gasteiger partial charge in [-0.3, -0.25) is 0 Å². The SMILES string of the molecule is C#C[C@]1(O)CCCC[C@@H]1N. The Morgan fingerprint density at radius 1 is 1.60 bits per heavy atom. The molecule has 0 aromatic rings. The topological polar surface area (TPSA) is 46.2 Å². The third kappa shape index (κ3) is 1.16. The van der Waals surface area contributed by atoms with E-state index in [-0.39, 0.29) is 6.04 Å². The number of nitrogens with two attached hydrogens (primary N) is 1. The third-order valence-electron chi connectivity index (χ3n) is 2.19. The molecule has 0 spiro atoms. The third-order valence-corrected chi connectivity index (χ3v) is 2.19. The second-order valence-electron chi connectivity index (χ2n) is 2.92. The molecule has 0 unspecified atom stereocenters. The van der Waals surface area contributed by atoms with E-state index in [0.29, 0.717) is 6.42 Å². The van der Waals surface area contributed by atoms with Crippen molar-refractivity contribution in [1.82, 2.24) is 0 Å². The van der Waals surface area contributed by atoms with E-state index in [4.69, 9.17) is 12.2 Å². The molecule has 0 saturated heterocycles. The molecule has 0 bridgehead atoms. The van der Waals surface area contributed by atoms with Crippen LogP contribution in [0.2, 0.25) is 0 Å². The lowest BCUT2D eigenvalue weighted by Crippen LogP contribution is -2.49. The first-order valence-electron chi connectivity index (χ1n) is 3.65. The summed E-state index contributed by atoms with van der Waals surface area (Å²) in [7, 11) is 0. The van der Waals surface area contributed by atoms with E-state index in [1.54, 1.807) is 0 Å². The maximum atomic E-state index is 9.59. The van der Waals surface area contributed by atoms with Crippen LogP contribution in [0.1, 0.15) is 25.7 Å². The molecule has 2 atom stereocenters. The van der Waals surface area contributed by atoms with Gasteiger partial charge >= 0.3 is 0 Å². The van der Waals surface area contributed by atoms with Crippen molar-refractivity contribution in [2.24, 2.45) is 5.73 Å². The molecule has 3 N–H and O–H groups in total. The minimum absolute atomic E-state index is 0.216. The number of aliphatic hydroxyl groups is 1. The van der Waals surface area contributed by atoms with E-state index >= 15 is 0 Å². The zero-order valence-corrected chi connectivity index (χ0v) is 6.01. The quantitative estimate of drug-likeness (QED) is 0.473. The predicted molar refractivity (Wildman–Crippen MR) is 40.2 cm³/mol. The number of hydrogen-bond donors (Lipinski definition) is 2. The van der Waals surface area contributed by atoms with Crippen LogP contribution in [-0.2, 0) is 0 Å². The molecule has 1 aliphatic rings. The highest BCUT2D eigenvalue weighted by Gasteiger charge is 2.34. The highest BCUT2D eigenvalue weighted by atomic mass is 16.3. The average Bonchev–Trinajstić information content (AvgIpc) is 1.96. The number of rotatable bonds is 0. The first-order chi connectivity index (χ1) is 4.69. The van der Waals surface area contributed by atoms with Gasteiger partial charge in [-0.1, -0.05) is 12.3 Å². The summed E-state index contributed by atoms with van der Waals surface area (Å²) in [5.74, 6) is 2.36. The van der Waals surface area contributed by atoms with Crippen LogP contribution in [0.3, 0.4) is 0 Å². The normalized spacial score (nSPS) is 40.7. The van der Waals surface area contributed by atoms with Gasteiger partial charge in [-0.15, -0.1) is 6.42 Å². The van der Waals surface area contributed by atoms with Crippen LogP contribution in [0.15, 0.2) is 0 Å². The molecular formula is C8H13NO. The summed E-state index contributed by atoms with van der Waals surface area (Å²) in [5.41, 5.74) is 4.62. The fourth-order valence-corrected chi connectivity index (χ4v) is 1.36. The minimum atomic E-state index is -1.02. The highest BCUT2D eigenvalue weighted by molar-refractivity contribution is 5.13. The number of terminal acetylenes is 1. The fraction of sp³-hybridized carbons (Fsp3) is 0.750. The van der Waals surface area contributed by atoms with Crippen molar-refractivity contribution in [2.75, 3.05) is 0 Å². The van der Waals surface area contributed by atoms with Gasteiger partial charge in [0.1, 0.15) is 5.60 Å². The van der Waals surface area contributed by atoms with E-state index in [0.717, 1.165) is 19.3 Å². The Kier molecular flexibility index (Phi) is 1.98. The van der Waals surface area contributed by atoms with Crippen LogP contribution in [0, 0.1) is 12.3 Å². The Hall–Kier alpha value is -0.520. The second-order valence-corrected chi connectivity index (χ2v) is 2.92. The molecule has 56 valence electrons. The maximum Gasteiger partial charge on any atom is 0.140 e. The highest BCUT2D eigenvalue weighted by Crippen LogP contribution is 2.25. The minimum Gasteiger partial charge on any atom is -0.376 e. The summed E-state index contributed by atoms with van der Waals surface area (Å²) in [4.78, 5) is 0. The van der Waals surface area contributed by atoms with Crippen LogP contribution in [0.4, 0.5) is 0 Å². The van der Waals surface area contributed by atoms with Gasteiger partial charge in [-0.25, -0.2) is 0 Å². The molecule has 2 heteroatoms. The summed E-state index contributed by atoms with van der Waals surface area (Å²) in [6.07, 6.45) is 8.74. The van der Waals surface area contributed by atoms with Gasteiger partial charge in [0.25, 0.3) is 0 Å². The Balaban J connectivity index is 2.65. The molecule has 0 aliphatic heterocycles. The molecule has 1 rings (SSSR count). The summed E-state index contributed by atoms with van der Waals surface area (Å²) in [6.45, 7) is 0. The lowest BCUT2D eigenvalue weighted by Gasteiger charge is -2.33. The summed E-state index contributed by atoms with van der Waals surface area (Å²) in [6, 6.07) is -0.216. The lowest BCUT2D eigenvalue weighted by atomic mass is 9.81. The van der Waals surface area contributed by atoms with Gasteiger partial charge in [-0.2, -0.15) is 0 Å². The summed E-state index contributed by atoms with van der Waals surface area (Å²) >= 11 is 0. The van der Waals surface area contributed by atoms with Crippen LogP contribution < -0.4 is 5.73 Å². The molecule has 0 heterocycles. The molecule has 0 radical (unpaired) electrons. The van der Waals surface area contributed by atoms with E-state index in [2.05, 4.69) is 5.92 Å². The lowest BCUT2D eigenvalue weighted by molar-refractivity contribution is 0.0410. The van der Waals surface area contributed by atoms with E-state index in [1.807, 2.05) is 0 Å². The molecular weight excluding hydrogens is 126 g/mol. The van der Waals surface area contributed by atoms with Gasteiger partial charge in [0.15, 0.2) is 0 Å². The van der Waals surface area contributed by atoms with Crippen molar-refractivity contribution in [1.29, 1.82) is 0 Å². The maximum absolute atomic E-state index is 9.59. The fourth-order valence-electron chi connectivity index (χ4n) is 1.36.